The molecule has 5 heteroatoms. The van der Waals surface area contributed by atoms with Gasteiger partial charge in [-0.25, -0.2) is 5.43 Å². The van der Waals surface area contributed by atoms with Crippen LogP contribution in [-0.4, -0.2) is 18.0 Å². The number of carbonyl (C=O) groups excluding carboxylic acids is 2. The molecule has 0 spiro atoms. The molecule has 20 heavy (non-hydrogen) atoms. The van der Waals surface area contributed by atoms with Crippen LogP contribution in [0.3, 0.4) is 0 Å². The van der Waals surface area contributed by atoms with Crippen LogP contribution in [0.5, 0.6) is 0 Å². The van der Waals surface area contributed by atoms with E-state index in [1.54, 1.807) is 30.5 Å². The van der Waals surface area contributed by atoms with Crippen LogP contribution in [0.15, 0.2) is 29.4 Å². The Morgan fingerprint density at radius 3 is 2.45 bits per heavy atom. The molecule has 5 nitrogen and oxygen atoms in total. The van der Waals surface area contributed by atoms with E-state index in [1.807, 2.05) is 13.8 Å². The van der Waals surface area contributed by atoms with E-state index in [1.165, 1.54) is 0 Å². The zero-order valence-electron chi connectivity index (χ0n) is 11.7. The Kier molecular flexibility index (Phi) is 4.50. The Morgan fingerprint density at radius 1 is 1.25 bits per heavy atom. The highest BCUT2D eigenvalue weighted by atomic mass is 16.2. The van der Waals surface area contributed by atoms with Crippen LogP contribution in [-0.2, 0) is 4.79 Å². The van der Waals surface area contributed by atoms with Gasteiger partial charge < -0.3 is 5.32 Å². The zero-order chi connectivity index (χ0) is 14.5. The number of carbonyl (C=O) groups is 2. The number of nitrogens with zero attached hydrogens (tertiary/aromatic N) is 1. The van der Waals surface area contributed by atoms with Crippen LogP contribution >= 0.6 is 0 Å². The molecule has 2 N–H and O–H groups in total. The number of amides is 2. The van der Waals surface area contributed by atoms with Crippen LogP contribution in [0.25, 0.3) is 0 Å². The number of nitrogens with one attached hydrogen (secondary N) is 2. The number of anilines is 1. The van der Waals surface area contributed by atoms with Crippen molar-refractivity contribution < 1.29 is 9.59 Å². The maximum absolute atomic E-state index is 11.8. The summed E-state index contributed by atoms with van der Waals surface area (Å²) in [6.07, 6.45) is 3.61. The summed E-state index contributed by atoms with van der Waals surface area (Å²) in [7, 11) is 0. The fraction of sp³-hybridized carbons (Fsp3) is 0.400. The molecule has 0 heterocycles. The van der Waals surface area contributed by atoms with E-state index < -0.39 is 0 Å². The minimum absolute atomic E-state index is 0.0590. The summed E-state index contributed by atoms with van der Waals surface area (Å²) in [5, 5.41) is 6.68. The van der Waals surface area contributed by atoms with Gasteiger partial charge in [-0.3, -0.25) is 9.59 Å². The summed E-state index contributed by atoms with van der Waals surface area (Å²) >= 11 is 0. The molecule has 2 rings (SSSR count). The quantitative estimate of drug-likeness (QED) is 0.639. The summed E-state index contributed by atoms with van der Waals surface area (Å²) in [5.74, 6) is 0.254. The molecule has 1 aromatic carbocycles. The summed E-state index contributed by atoms with van der Waals surface area (Å²) < 4.78 is 0. The summed E-state index contributed by atoms with van der Waals surface area (Å²) in [4.78, 5) is 23.4. The van der Waals surface area contributed by atoms with Crippen LogP contribution in [0.1, 0.15) is 37.0 Å². The first kappa shape index (κ1) is 14.2. The maximum Gasteiger partial charge on any atom is 0.271 e. The Balaban J connectivity index is 1.89. The molecule has 106 valence electrons. The third-order valence-electron chi connectivity index (χ3n) is 2.90. The lowest BCUT2D eigenvalue weighted by atomic mass is 10.2. The second-order valence-electron chi connectivity index (χ2n) is 5.30. The molecule has 1 aromatic rings. The largest absolute Gasteiger partial charge is 0.326 e. The number of hydrogen-bond donors (Lipinski definition) is 2. The van der Waals surface area contributed by atoms with Gasteiger partial charge in [0.25, 0.3) is 5.91 Å². The molecule has 0 bridgehead atoms. The van der Waals surface area contributed by atoms with E-state index in [2.05, 4.69) is 15.8 Å². The molecule has 1 saturated carbocycles. The topological polar surface area (TPSA) is 70.6 Å². The van der Waals surface area contributed by atoms with Crippen molar-refractivity contribution in [1.82, 2.24) is 5.43 Å². The van der Waals surface area contributed by atoms with Crippen LogP contribution in [0, 0.1) is 11.8 Å². The minimum Gasteiger partial charge on any atom is -0.326 e. The second kappa shape index (κ2) is 6.32. The molecule has 0 saturated heterocycles. The number of benzene rings is 1. The lowest BCUT2D eigenvalue weighted by Gasteiger charge is -2.05. The lowest BCUT2D eigenvalue weighted by molar-refractivity contribution is -0.117. The van der Waals surface area contributed by atoms with Gasteiger partial charge in [-0.15, -0.1) is 0 Å². The Hall–Kier alpha value is -2.17. The summed E-state index contributed by atoms with van der Waals surface area (Å²) in [5.41, 5.74) is 3.68. The van der Waals surface area contributed by atoms with Crippen molar-refractivity contribution in [3.63, 3.8) is 0 Å². The van der Waals surface area contributed by atoms with Gasteiger partial charge in [0.05, 0.1) is 0 Å². The first-order chi connectivity index (χ1) is 9.56. The SMILES string of the molecule is CC(C)C=NNC(=O)c1ccc(NC(=O)C2CC2)cc1. The molecule has 1 aliphatic carbocycles. The molecule has 1 fully saturated rings. The third-order valence-corrected chi connectivity index (χ3v) is 2.90. The van der Waals surface area contributed by atoms with E-state index in [9.17, 15) is 9.59 Å². The average molecular weight is 273 g/mol. The van der Waals surface area contributed by atoms with E-state index >= 15 is 0 Å². The first-order valence-electron chi connectivity index (χ1n) is 6.80. The molecule has 0 aliphatic heterocycles. The number of hydrazone groups is 1. The molecule has 0 radical (unpaired) electrons. The smallest absolute Gasteiger partial charge is 0.271 e. The second-order valence-corrected chi connectivity index (χ2v) is 5.30. The van der Waals surface area contributed by atoms with Crippen LogP contribution < -0.4 is 10.7 Å². The summed E-state index contributed by atoms with van der Waals surface area (Å²) in [6, 6.07) is 6.79. The highest BCUT2D eigenvalue weighted by molar-refractivity contribution is 5.96. The van der Waals surface area contributed by atoms with Crippen LogP contribution in [0.2, 0.25) is 0 Å². The Bertz CT molecular complexity index is 516. The maximum atomic E-state index is 11.8. The summed E-state index contributed by atoms with van der Waals surface area (Å²) in [6.45, 7) is 3.96. The van der Waals surface area contributed by atoms with Gasteiger partial charge in [-0.2, -0.15) is 5.10 Å². The number of rotatable bonds is 5. The first-order valence-corrected chi connectivity index (χ1v) is 6.80. The van der Waals surface area contributed by atoms with Gasteiger partial charge in [-0.1, -0.05) is 13.8 Å². The standard InChI is InChI=1S/C15H19N3O2/c1-10(2)9-16-18-15(20)12-5-7-13(8-6-12)17-14(19)11-3-4-11/h5-11H,3-4H2,1-2H3,(H,17,19)(H,18,20). The fourth-order valence-electron chi connectivity index (χ4n) is 1.60. The Morgan fingerprint density at radius 2 is 1.90 bits per heavy atom. The van der Waals surface area contributed by atoms with Crippen molar-refractivity contribution in [2.45, 2.75) is 26.7 Å². The van der Waals surface area contributed by atoms with Gasteiger partial charge in [0, 0.05) is 23.4 Å². The molecular formula is C15H19N3O2. The highest BCUT2D eigenvalue weighted by Crippen LogP contribution is 2.30. The van der Waals surface area contributed by atoms with E-state index in [-0.39, 0.29) is 23.7 Å². The zero-order valence-corrected chi connectivity index (χ0v) is 11.7. The minimum atomic E-state index is -0.262. The normalized spacial score (nSPS) is 14.6. The van der Waals surface area contributed by atoms with Crippen molar-refractivity contribution in [2.24, 2.45) is 16.9 Å². The predicted molar refractivity (Wildman–Crippen MR) is 78.6 cm³/mol. The highest BCUT2D eigenvalue weighted by Gasteiger charge is 2.29. The van der Waals surface area contributed by atoms with Crippen molar-refractivity contribution in [3.8, 4) is 0 Å². The van der Waals surface area contributed by atoms with Gasteiger partial charge in [-0.05, 0) is 43.0 Å². The van der Waals surface area contributed by atoms with Crippen molar-refractivity contribution >= 4 is 23.7 Å². The number of hydrogen-bond acceptors (Lipinski definition) is 3. The van der Waals surface area contributed by atoms with E-state index in [4.69, 9.17) is 0 Å². The molecule has 0 atom stereocenters. The lowest BCUT2D eigenvalue weighted by Crippen LogP contribution is -2.18. The third kappa shape index (κ3) is 4.19. The molecule has 0 unspecified atom stereocenters. The molecular weight excluding hydrogens is 254 g/mol. The molecule has 1 aliphatic rings. The monoisotopic (exact) mass is 273 g/mol. The van der Waals surface area contributed by atoms with Crippen molar-refractivity contribution in [2.75, 3.05) is 5.32 Å². The molecule has 2 amide bonds. The van der Waals surface area contributed by atoms with E-state index in [0.717, 1.165) is 12.8 Å². The average Bonchev–Trinajstić information content (AvgIpc) is 3.23. The fourth-order valence-corrected chi connectivity index (χ4v) is 1.60. The van der Waals surface area contributed by atoms with Gasteiger partial charge >= 0.3 is 0 Å². The van der Waals surface area contributed by atoms with Crippen molar-refractivity contribution in [1.29, 1.82) is 0 Å². The van der Waals surface area contributed by atoms with Gasteiger partial charge in [0.2, 0.25) is 5.91 Å². The van der Waals surface area contributed by atoms with E-state index in [0.29, 0.717) is 11.3 Å². The Labute approximate surface area is 118 Å². The van der Waals surface area contributed by atoms with Crippen LogP contribution in [0.4, 0.5) is 5.69 Å². The van der Waals surface area contributed by atoms with Gasteiger partial charge in [0.1, 0.15) is 0 Å². The van der Waals surface area contributed by atoms with Gasteiger partial charge in [0.15, 0.2) is 0 Å². The van der Waals surface area contributed by atoms with Crippen molar-refractivity contribution in [3.05, 3.63) is 29.8 Å². The molecule has 0 aromatic heterocycles. The predicted octanol–water partition coefficient (Wildman–Crippen LogP) is 2.41.